The summed E-state index contributed by atoms with van der Waals surface area (Å²) in [5.41, 5.74) is 1.94. The van der Waals surface area contributed by atoms with E-state index in [1.165, 1.54) is 19.3 Å². The smallest absolute Gasteiger partial charge is 0.317 e. The number of hydrogen-bond acceptors (Lipinski definition) is 2. The van der Waals surface area contributed by atoms with E-state index in [0.717, 1.165) is 36.3 Å². The molecule has 134 valence electrons. The van der Waals surface area contributed by atoms with E-state index in [1.54, 1.807) is 0 Å². The second kappa shape index (κ2) is 11.7. The maximum Gasteiger partial charge on any atom is 0.317 e. The van der Waals surface area contributed by atoms with Crippen molar-refractivity contribution < 1.29 is 9.53 Å². The summed E-state index contributed by atoms with van der Waals surface area (Å²) >= 11 is 5.67. The predicted octanol–water partition coefficient (Wildman–Crippen LogP) is 5.94. The molecular weight excluding hydrogens is 332 g/mol. The molecule has 0 bridgehead atoms. The van der Waals surface area contributed by atoms with Crippen molar-refractivity contribution in [2.45, 2.75) is 44.4 Å². The van der Waals surface area contributed by atoms with E-state index in [2.05, 4.69) is 0 Å². The van der Waals surface area contributed by atoms with Gasteiger partial charge in [0.05, 0.1) is 6.61 Å². The molecule has 0 spiro atoms. The number of benzene rings is 2. The predicted molar refractivity (Wildman–Crippen MR) is 104 cm³/mol. The van der Waals surface area contributed by atoms with Crippen LogP contribution in [0.1, 0.15) is 55.6 Å². The Morgan fingerprint density at radius 3 is 1.76 bits per heavy atom. The Kier molecular flexibility index (Phi) is 9.14. The summed E-state index contributed by atoms with van der Waals surface area (Å²) < 4.78 is 5.58. The minimum absolute atomic E-state index is 0.167. The van der Waals surface area contributed by atoms with Gasteiger partial charge in [-0.15, -0.1) is 11.6 Å². The molecule has 0 saturated carbocycles. The van der Waals surface area contributed by atoms with Crippen LogP contribution in [-0.4, -0.2) is 18.5 Å². The average Bonchev–Trinajstić information content (AvgIpc) is 2.66. The Labute approximate surface area is 156 Å². The van der Waals surface area contributed by atoms with Crippen LogP contribution in [0.2, 0.25) is 0 Å². The lowest BCUT2D eigenvalue weighted by Crippen LogP contribution is -2.18. The lowest BCUT2D eigenvalue weighted by Gasteiger charge is -2.17. The first-order chi connectivity index (χ1) is 12.3. The summed E-state index contributed by atoms with van der Waals surface area (Å²) in [4.78, 5) is 12.7. The number of ether oxygens (including phenoxy) is 1. The molecule has 0 atom stereocenters. The molecule has 2 aromatic carbocycles. The van der Waals surface area contributed by atoms with Gasteiger partial charge < -0.3 is 4.74 Å². The minimum atomic E-state index is -0.355. The number of halogens is 1. The monoisotopic (exact) mass is 358 g/mol. The SMILES string of the molecule is O=C(OCCCCCCCCCl)C(c1ccccc1)c1ccccc1. The molecule has 3 heteroatoms. The maximum absolute atomic E-state index is 12.7. The zero-order valence-corrected chi connectivity index (χ0v) is 15.5. The van der Waals surface area contributed by atoms with Gasteiger partial charge in [-0.3, -0.25) is 4.79 Å². The molecule has 0 saturated heterocycles. The Balaban J connectivity index is 1.85. The summed E-state index contributed by atoms with van der Waals surface area (Å²) in [6, 6.07) is 19.7. The molecule has 0 aliphatic rings. The van der Waals surface area contributed by atoms with Gasteiger partial charge in [0.15, 0.2) is 0 Å². The van der Waals surface area contributed by atoms with Gasteiger partial charge in [0, 0.05) is 5.88 Å². The molecule has 0 N–H and O–H groups in total. The summed E-state index contributed by atoms with van der Waals surface area (Å²) in [6.45, 7) is 0.491. The summed E-state index contributed by atoms with van der Waals surface area (Å²) in [5, 5.41) is 0. The number of alkyl halides is 1. The van der Waals surface area contributed by atoms with Crippen LogP contribution >= 0.6 is 11.6 Å². The Morgan fingerprint density at radius 1 is 0.760 bits per heavy atom. The van der Waals surface area contributed by atoms with Crippen LogP contribution in [0.3, 0.4) is 0 Å². The van der Waals surface area contributed by atoms with Crippen LogP contribution in [0.4, 0.5) is 0 Å². The van der Waals surface area contributed by atoms with E-state index in [4.69, 9.17) is 16.3 Å². The largest absolute Gasteiger partial charge is 0.465 e. The topological polar surface area (TPSA) is 26.3 Å². The van der Waals surface area contributed by atoms with Crippen molar-refractivity contribution in [2.75, 3.05) is 12.5 Å². The molecule has 0 fully saturated rings. The third-order valence-corrected chi connectivity index (χ3v) is 4.54. The number of carbonyl (C=O) groups is 1. The molecule has 0 amide bonds. The average molecular weight is 359 g/mol. The zero-order valence-electron chi connectivity index (χ0n) is 14.7. The van der Waals surface area contributed by atoms with Gasteiger partial charge in [0.25, 0.3) is 0 Å². The highest BCUT2D eigenvalue weighted by molar-refractivity contribution is 6.17. The molecule has 2 aromatic rings. The van der Waals surface area contributed by atoms with E-state index < -0.39 is 0 Å². The molecule has 2 nitrogen and oxygen atoms in total. The van der Waals surface area contributed by atoms with Crippen LogP contribution in [0, 0.1) is 0 Å². The van der Waals surface area contributed by atoms with Gasteiger partial charge in [-0.05, 0) is 24.0 Å². The minimum Gasteiger partial charge on any atom is -0.465 e. The van der Waals surface area contributed by atoms with Gasteiger partial charge in [0.2, 0.25) is 0 Å². The molecule has 0 aliphatic carbocycles. The Morgan fingerprint density at radius 2 is 1.24 bits per heavy atom. The van der Waals surface area contributed by atoms with Crippen molar-refractivity contribution >= 4 is 17.6 Å². The number of carbonyl (C=O) groups excluding carboxylic acids is 1. The first-order valence-electron chi connectivity index (χ1n) is 9.15. The van der Waals surface area contributed by atoms with Crippen molar-refractivity contribution in [1.82, 2.24) is 0 Å². The molecule has 0 aromatic heterocycles. The fraction of sp³-hybridized carbons (Fsp3) is 0.409. The highest BCUT2D eigenvalue weighted by Crippen LogP contribution is 2.26. The van der Waals surface area contributed by atoms with Gasteiger partial charge in [0.1, 0.15) is 5.92 Å². The van der Waals surface area contributed by atoms with Crippen LogP contribution < -0.4 is 0 Å². The van der Waals surface area contributed by atoms with Gasteiger partial charge >= 0.3 is 5.97 Å². The lowest BCUT2D eigenvalue weighted by molar-refractivity contribution is -0.144. The third-order valence-electron chi connectivity index (χ3n) is 4.27. The Bertz CT molecular complexity index is 558. The van der Waals surface area contributed by atoms with E-state index in [1.807, 2.05) is 60.7 Å². The van der Waals surface area contributed by atoms with Crippen molar-refractivity contribution in [1.29, 1.82) is 0 Å². The standard InChI is InChI=1S/C22H27ClO2/c23-17-11-3-1-2-4-12-18-25-22(24)21(19-13-7-5-8-14-19)20-15-9-6-10-16-20/h5-10,13-16,21H,1-4,11-12,17-18H2. The summed E-state index contributed by atoms with van der Waals surface area (Å²) in [5.74, 6) is 0.225. The molecule has 25 heavy (non-hydrogen) atoms. The fourth-order valence-corrected chi connectivity index (χ4v) is 3.10. The van der Waals surface area contributed by atoms with E-state index in [-0.39, 0.29) is 11.9 Å². The van der Waals surface area contributed by atoms with Crippen molar-refractivity contribution in [3.63, 3.8) is 0 Å². The van der Waals surface area contributed by atoms with Gasteiger partial charge in [-0.2, -0.15) is 0 Å². The summed E-state index contributed by atoms with van der Waals surface area (Å²) in [6.07, 6.45) is 6.67. The van der Waals surface area contributed by atoms with E-state index in [9.17, 15) is 4.79 Å². The van der Waals surface area contributed by atoms with Crippen molar-refractivity contribution in [3.05, 3.63) is 71.8 Å². The maximum atomic E-state index is 12.7. The first kappa shape index (κ1) is 19.5. The van der Waals surface area contributed by atoms with Crippen molar-refractivity contribution in [3.8, 4) is 0 Å². The Hall–Kier alpha value is -1.80. The molecule has 0 radical (unpaired) electrons. The van der Waals surface area contributed by atoms with Gasteiger partial charge in [-0.25, -0.2) is 0 Å². The second-order valence-electron chi connectivity index (χ2n) is 6.23. The zero-order chi connectivity index (χ0) is 17.7. The van der Waals surface area contributed by atoms with Crippen LogP contribution in [0.25, 0.3) is 0 Å². The highest BCUT2D eigenvalue weighted by atomic mass is 35.5. The molecule has 0 unspecified atom stereocenters. The number of unbranched alkanes of at least 4 members (excludes halogenated alkanes) is 5. The number of rotatable bonds is 11. The molecule has 0 aliphatic heterocycles. The molecule has 2 rings (SSSR count). The normalized spacial score (nSPS) is 10.8. The number of hydrogen-bond donors (Lipinski definition) is 0. The summed E-state index contributed by atoms with van der Waals surface area (Å²) in [7, 11) is 0. The molecule has 0 heterocycles. The van der Waals surface area contributed by atoms with E-state index >= 15 is 0 Å². The lowest BCUT2D eigenvalue weighted by atomic mass is 9.91. The quantitative estimate of drug-likeness (QED) is 0.282. The highest BCUT2D eigenvalue weighted by Gasteiger charge is 2.23. The molecular formula is C22H27ClO2. The van der Waals surface area contributed by atoms with Crippen molar-refractivity contribution in [2.24, 2.45) is 0 Å². The third kappa shape index (κ3) is 6.91. The van der Waals surface area contributed by atoms with Crippen LogP contribution in [0.15, 0.2) is 60.7 Å². The fourth-order valence-electron chi connectivity index (χ4n) is 2.92. The van der Waals surface area contributed by atoms with Gasteiger partial charge in [-0.1, -0.05) is 86.3 Å². The van der Waals surface area contributed by atoms with Crippen LogP contribution in [-0.2, 0) is 9.53 Å². The van der Waals surface area contributed by atoms with E-state index in [0.29, 0.717) is 6.61 Å². The number of esters is 1. The second-order valence-corrected chi connectivity index (χ2v) is 6.61. The van der Waals surface area contributed by atoms with Crippen LogP contribution in [0.5, 0.6) is 0 Å². The first-order valence-corrected chi connectivity index (χ1v) is 9.69.